The number of nitrogens with one attached hydrogen (secondary N) is 1. The molecular formula is C9H14N2O3. The second-order valence-electron chi connectivity index (χ2n) is 3.30. The predicted molar refractivity (Wildman–Crippen MR) is 51.0 cm³/mol. The minimum Gasteiger partial charge on any atom is -0.480 e. The lowest BCUT2D eigenvalue weighted by Crippen LogP contribution is -2.43. The number of carboxylic acid groups (broad SMARTS) is 1. The van der Waals surface area contributed by atoms with Crippen LogP contribution in [-0.4, -0.2) is 41.6 Å². The van der Waals surface area contributed by atoms with E-state index in [0.717, 1.165) is 6.42 Å². The van der Waals surface area contributed by atoms with E-state index < -0.39 is 5.97 Å². The van der Waals surface area contributed by atoms with Crippen LogP contribution in [0, 0.1) is 0 Å². The van der Waals surface area contributed by atoms with Crippen LogP contribution in [0.25, 0.3) is 0 Å². The van der Waals surface area contributed by atoms with Crippen molar-refractivity contribution < 1.29 is 14.7 Å². The van der Waals surface area contributed by atoms with Crippen LogP contribution in [0.5, 0.6) is 0 Å². The van der Waals surface area contributed by atoms with Gasteiger partial charge in [-0.05, 0) is 13.3 Å². The van der Waals surface area contributed by atoms with E-state index in [9.17, 15) is 9.59 Å². The fourth-order valence-electron chi connectivity index (χ4n) is 1.22. The molecule has 0 saturated carbocycles. The highest BCUT2D eigenvalue weighted by molar-refractivity contribution is 5.80. The molecule has 1 aliphatic heterocycles. The average molecular weight is 198 g/mol. The van der Waals surface area contributed by atoms with E-state index in [1.807, 2.05) is 13.0 Å². The van der Waals surface area contributed by atoms with E-state index >= 15 is 0 Å². The Labute approximate surface area is 82.4 Å². The Bertz CT molecular complexity index is 273. The first-order valence-corrected chi connectivity index (χ1v) is 4.50. The zero-order valence-electron chi connectivity index (χ0n) is 8.12. The smallest absolute Gasteiger partial charge is 0.323 e. The molecule has 0 aromatic heterocycles. The van der Waals surface area contributed by atoms with Gasteiger partial charge in [-0.15, -0.1) is 0 Å². The molecule has 14 heavy (non-hydrogen) atoms. The molecule has 5 heteroatoms. The van der Waals surface area contributed by atoms with Gasteiger partial charge in [-0.1, -0.05) is 11.6 Å². The SMILES string of the molecule is CC1=CCN(C(=O)NCC(=O)O)CC1. The summed E-state index contributed by atoms with van der Waals surface area (Å²) in [4.78, 5) is 23.1. The molecule has 78 valence electrons. The summed E-state index contributed by atoms with van der Waals surface area (Å²) in [6.07, 6.45) is 2.84. The maximum absolute atomic E-state index is 11.3. The van der Waals surface area contributed by atoms with Gasteiger partial charge in [-0.25, -0.2) is 4.79 Å². The molecule has 5 nitrogen and oxygen atoms in total. The largest absolute Gasteiger partial charge is 0.480 e. The fourth-order valence-corrected chi connectivity index (χ4v) is 1.22. The standard InChI is InChI=1S/C9H14N2O3/c1-7-2-4-11(5-3-7)9(14)10-6-8(12)13/h2H,3-6H2,1H3,(H,10,14)(H,12,13). The van der Waals surface area contributed by atoms with E-state index in [4.69, 9.17) is 5.11 Å². The van der Waals surface area contributed by atoms with Crippen molar-refractivity contribution in [1.29, 1.82) is 0 Å². The highest BCUT2D eigenvalue weighted by Gasteiger charge is 2.15. The normalized spacial score (nSPS) is 16.1. The van der Waals surface area contributed by atoms with Gasteiger partial charge in [0, 0.05) is 13.1 Å². The molecule has 0 aliphatic carbocycles. The van der Waals surface area contributed by atoms with Crippen LogP contribution in [0.1, 0.15) is 13.3 Å². The predicted octanol–water partition coefficient (Wildman–Crippen LogP) is 0.433. The Kier molecular flexibility index (Phi) is 3.50. The van der Waals surface area contributed by atoms with E-state index in [1.54, 1.807) is 4.90 Å². The topological polar surface area (TPSA) is 69.6 Å². The van der Waals surface area contributed by atoms with Crippen LogP contribution in [-0.2, 0) is 4.79 Å². The number of hydrogen-bond acceptors (Lipinski definition) is 2. The summed E-state index contributed by atoms with van der Waals surface area (Å²) < 4.78 is 0. The highest BCUT2D eigenvalue weighted by atomic mass is 16.4. The minimum atomic E-state index is -1.03. The van der Waals surface area contributed by atoms with Crippen LogP contribution < -0.4 is 5.32 Å². The number of nitrogens with zero attached hydrogens (tertiary/aromatic N) is 1. The van der Waals surface area contributed by atoms with Gasteiger partial charge in [0.05, 0.1) is 0 Å². The summed E-state index contributed by atoms with van der Waals surface area (Å²) in [5, 5.41) is 10.7. The number of hydrogen-bond donors (Lipinski definition) is 2. The first-order valence-electron chi connectivity index (χ1n) is 4.50. The number of urea groups is 1. The maximum atomic E-state index is 11.3. The quantitative estimate of drug-likeness (QED) is 0.632. The lowest BCUT2D eigenvalue weighted by atomic mass is 10.1. The average Bonchev–Trinajstić information content (AvgIpc) is 2.15. The molecule has 0 saturated heterocycles. The summed E-state index contributed by atoms with van der Waals surface area (Å²) in [6, 6.07) is -0.309. The zero-order valence-corrected chi connectivity index (χ0v) is 8.12. The van der Waals surface area contributed by atoms with Gasteiger partial charge in [0.1, 0.15) is 6.54 Å². The van der Waals surface area contributed by atoms with Crippen molar-refractivity contribution in [1.82, 2.24) is 10.2 Å². The molecule has 0 spiro atoms. The van der Waals surface area contributed by atoms with Crippen molar-refractivity contribution in [2.45, 2.75) is 13.3 Å². The van der Waals surface area contributed by atoms with Crippen molar-refractivity contribution in [3.63, 3.8) is 0 Å². The molecule has 0 atom stereocenters. The lowest BCUT2D eigenvalue weighted by molar-refractivity contribution is -0.135. The summed E-state index contributed by atoms with van der Waals surface area (Å²) >= 11 is 0. The van der Waals surface area contributed by atoms with E-state index in [2.05, 4.69) is 5.32 Å². The Morgan fingerprint density at radius 2 is 2.36 bits per heavy atom. The van der Waals surface area contributed by atoms with Crippen LogP contribution in [0.3, 0.4) is 0 Å². The number of carbonyl (C=O) groups excluding carboxylic acids is 1. The van der Waals surface area contributed by atoms with Gasteiger partial charge in [-0.3, -0.25) is 4.79 Å². The molecule has 0 aromatic rings. The first-order chi connectivity index (χ1) is 6.59. The van der Waals surface area contributed by atoms with E-state index in [-0.39, 0.29) is 12.6 Å². The second-order valence-corrected chi connectivity index (χ2v) is 3.30. The number of amides is 2. The molecule has 0 fully saturated rings. The fraction of sp³-hybridized carbons (Fsp3) is 0.556. The molecule has 1 aliphatic rings. The number of aliphatic carboxylic acids is 1. The second kappa shape index (κ2) is 4.64. The van der Waals surface area contributed by atoms with Gasteiger partial charge in [0.25, 0.3) is 0 Å². The molecule has 0 aromatic carbocycles. The van der Waals surface area contributed by atoms with E-state index in [0.29, 0.717) is 13.1 Å². The maximum Gasteiger partial charge on any atom is 0.323 e. The molecule has 2 N–H and O–H groups in total. The summed E-state index contributed by atoms with van der Waals surface area (Å²) in [5.41, 5.74) is 1.27. The third kappa shape index (κ3) is 3.08. The van der Waals surface area contributed by atoms with Gasteiger partial charge in [0.2, 0.25) is 0 Å². The molecule has 1 rings (SSSR count). The van der Waals surface area contributed by atoms with Crippen LogP contribution in [0.2, 0.25) is 0 Å². The number of carboxylic acids is 1. The summed E-state index contributed by atoms with van der Waals surface area (Å²) in [6.45, 7) is 2.93. The Morgan fingerprint density at radius 1 is 1.64 bits per heavy atom. The molecule has 0 radical (unpaired) electrons. The lowest BCUT2D eigenvalue weighted by Gasteiger charge is -2.25. The van der Waals surface area contributed by atoms with Crippen molar-refractivity contribution in [3.8, 4) is 0 Å². The molecular weight excluding hydrogens is 184 g/mol. The van der Waals surface area contributed by atoms with Crippen molar-refractivity contribution >= 4 is 12.0 Å². The highest BCUT2D eigenvalue weighted by Crippen LogP contribution is 2.08. The number of carbonyl (C=O) groups is 2. The first kappa shape index (κ1) is 10.6. The Balaban J connectivity index is 2.35. The third-order valence-electron chi connectivity index (χ3n) is 2.11. The monoisotopic (exact) mass is 198 g/mol. The molecule has 0 bridgehead atoms. The molecule has 2 amide bonds. The molecule has 0 unspecified atom stereocenters. The van der Waals surface area contributed by atoms with E-state index in [1.165, 1.54) is 5.57 Å². The van der Waals surface area contributed by atoms with Gasteiger partial charge in [0.15, 0.2) is 0 Å². The summed E-state index contributed by atoms with van der Waals surface area (Å²) in [5.74, 6) is -1.03. The minimum absolute atomic E-state index is 0.309. The third-order valence-corrected chi connectivity index (χ3v) is 2.11. The van der Waals surface area contributed by atoms with Gasteiger partial charge in [-0.2, -0.15) is 0 Å². The van der Waals surface area contributed by atoms with Crippen molar-refractivity contribution in [2.24, 2.45) is 0 Å². The van der Waals surface area contributed by atoms with Crippen LogP contribution >= 0.6 is 0 Å². The van der Waals surface area contributed by atoms with Crippen molar-refractivity contribution in [2.75, 3.05) is 19.6 Å². The van der Waals surface area contributed by atoms with Gasteiger partial charge >= 0.3 is 12.0 Å². The van der Waals surface area contributed by atoms with Crippen LogP contribution in [0.15, 0.2) is 11.6 Å². The van der Waals surface area contributed by atoms with Crippen LogP contribution in [0.4, 0.5) is 4.79 Å². The van der Waals surface area contributed by atoms with Crippen molar-refractivity contribution in [3.05, 3.63) is 11.6 Å². The molecule has 1 heterocycles. The summed E-state index contributed by atoms with van der Waals surface area (Å²) in [7, 11) is 0. The Hall–Kier alpha value is -1.52. The zero-order chi connectivity index (χ0) is 10.6. The van der Waals surface area contributed by atoms with Gasteiger partial charge < -0.3 is 15.3 Å². The number of rotatable bonds is 2. The Morgan fingerprint density at radius 3 is 2.86 bits per heavy atom.